The second kappa shape index (κ2) is 21.8. The van der Waals surface area contributed by atoms with Gasteiger partial charge < -0.3 is 14.6 Å². The Labute approximate surface area is 178 Å². The molecule has 0 saturated heterocycles. The molecule has 0 heterocycles. The molecule has 0 atom stereocenters. The minimum atomic E-state index is 0.322. The lowest BCUT2D eigenvalue weighted by Gasteiger charge is -1.93. The molecule has 0 saturated carbocycles. The molecule has 4 heteroatoms. The van der Waals surface area contributed by atoms with E-state index in [0.717, 1.165) is 11.5 Å². The molecule has 3 nitrogen and oxygen atoms in total. The number of methoxy groups -OCH3 is 2. The van der Waals surface area contributed by atoms with Gasteiger partial charge in [-0.25, -0.2) is 0 Å². The number of phenolic OH excluding ortho intramolecular Hbond substituents is 1. The van der Waals surface area contributed by atoms with Gasteiger partial charge in [0.2, 0.25) is 0 Å². The van der Waals surface area contributed by atoms with Crippen LogP contribution in [0.5, 0.6) is 17.2 Å². The third-order valence-electron chi connectivity index (χ3n) is 2.71. The van der Waals surface area contributed by atoms with Crippen LogP contribution in [0.1, 0.15) is 13.8 Å². The fraction of sp³-hybridized carbons (Fsp3) is 0.217. The number of rotatable bonds is 2. The van der Waals surface area contributed by atoms with E-state index in [1.807, 2.05) is 85.5 Å². The lowest BCUT2D eigenvalue weighted by atomic mass is 10.3. The number of hydrogen-bond donors (Lipinski definition) is 1. The van der Waals surface area contributed by atoms with Crippen LogP contribution in [0.4, 0.5) is 0 Å². The van der Waals surface area contributed by atoms with Gasteiger partial charge >= 0.3 is 0 Å². The van der Waals surface area contributed by atoms with Gasteiger partial charge in [0, 0.05) is 0 Å². The van der Waals surface area contributed by atoms with Crippen molar-refractivity contribution in [1.29, 1.82) is 0 Å². The van der Waals surface area contributed by atoms with Crippen molar-refractivity contribution >= 4 is 22.6 Å². The Hall–Kier alpha value is -2.21. The van der Waals surface area contributed by atoms with E-state index in [-0.39, 0.29) is 0 Å². The molecule has 3 aromatic rings. The maximum Gasteiger partial charge on any atom is 0.118 e. The number of alkyl halides is 1. The molecule has 148 valence electrons. The highest BCUT2D eigenvalue weighted by Gasteiger charge is 1.81. The van der Waals surface area contributed by atoms with Gasteiger partial charge in [-0.05, 0) is 41.3 Å². The summed E-state index contributed by atoms with van der Waals surface area (Å²) in [5.74, 6) is 2.14. The number of phenols is 1. The number of hydrogen-bond acceptors (Lipinski definition) is 3. The van der Waals surface area contributed by atoms with Crippen molar-refractivity contribution in [3.05, 3.63) is 91.0 Å². The molecule has 0 radical (unpaired) electrons. The molecule has 3 rings (SSSR count). The molecule has 0 fully saturated rings. The molecule has 0 bridgehead atoms. The van der Waals surface area contributed by atoms with Crippen molar-refractivity contribution in [2.45, 2.75) is 13.8 Å². The molecule has 0 aromatic heterocycles. The summed E-state index contributed by atoms with van der Waals surface area (Å²) in [7, 11) is 3.32. The minimum Gasteiger partial charge on any atom is -0.508 e. The highest BCUT2D eigenvalue weighted by atomic mass is 127. The number of para-hydroxylation sites is 3. The highest BCUT2D eigenvalue weighted by Crippen LogP contribution is 2.06. The number of halogens is 1. The summed E-state index contributed by atoms with van der Waals surface area (Å²) in [6.07, 6.45) is 0. The Morgan fingerprint density at radius 3 is 0.963 bits per heavy atom. The van der Waals surface area contributed by atoms with Crippen LogP contribution in [-0.4, -0.2) is 24.3 Å². The van der Waals surface area contributed by atoms with Crippen molar-refractivity contribution in [2.24, 2.45) is 0 Å². The molecule has 27 heavy (non-hydrogen) atoms. The van der Waals surface area contributed by atoms with Gasteiger partial charge in [-0.15, -0.1) is 0 Å². The van der Waals surface area contributed by atoms with E-state index in [9.17, 15) is 0 Å². The molecule has 0 aliphatic rings. The van der Waals surface area contributed by atoms with Crippen LogP contribution in [0.2, 0.25) is 0 Å². The molecule has 0 unspecified atom stereocenters. The topological polar surface area (TPSA) is 38.7 Å². The Morgan fingerprint density at radius 1 is 0.556 bits per heavy atom. The lowest BCUT2D eigenvalue weighted by molar-refractivity contribution is 0.414. The zero-order valence-electron chi connectivity index (χ0n) is 16.8. The third kappa shape index (κ3) is 17.0. The van der Waals surface area contributed by atoms with Crippen molar-refractivity contribution in [1.82, 2.24) is 0 Å². The summed E-state index contributed by atoms with van der Waals surface area (Å²) in [6, 6.07) is 28.1. The largest absolute Gasteiger partial charge is 0.508 e. The first kappa shape index (κ1) is 27.0. The Morgan fingerprint density at radius 2 is 0.815 bits per heavy atom. The number of aromatic hydroxyl groups is 1. The molecule has 0 aliphatic heterocycles. The van der Waals surface area contributed by atoms with E-state index in [4.69, 9.17) is 14.6 Å². The summed E-state index contributed by atoms with van der Waals surface area (Å²) in [5.41, 5.74) is 0. The normalized spacial score (nSPS) is 7.78. The minimum absolute atomic E-state index is 0.322. The van der Waals surface area contributed by atoms with E-state index in [1.165, 1.54) is 0 Å². The lowest BCUT2D eigenvalue weighted by Crippen LogP contribution is -1.78. The molecular formula is C23H31IO3. The van der Waals surface area contributed by atoms with E-state index in [1.54, 1.807) is 38.5 Å². The standard InChI is InChI=1S/2C7H8O.C6H6O.C2H6.CH3I/c2*1-8-7-5-3-2-4-6-7;7-6-4-2-1-3-5-6;2*1-2/h2*2-6H,1H3;1-5,7H;1-2H3;1H3. The molecule has 0 aliphatic carbocycles. The first-order valence-corrected chi connectivity index (χ1v) is 10.7. The van der Waals surface area contributed by atoms with E-state index < -0.39 is 0 Å². The third-order valence-corrected chi connectivity index (χ3v) is 2.71. The second-order valence-corrected chi connectivity index (χ2v) is 4.37. The van der Waals surface area contributed by atoms with Crippen LogP contribution in [0.25, 0.3) is 0 Å². The molecule has 1 N–H and O–H groups in total. The predicted molar refractivity (Wildman–Crippen MR) is 125 cm³/mol. The first-order chi connectivity index (χ1) is 13.3. The van der Waals surface area contributed by atoms with Gasteiger partial charge in [0.1, 0.15) is 17.2 Å². The van der Waals surface area contributed by atoms with Crippen molar-refractivity contribution in [3.8, 4) is 17.2 Å². The second-order valence-electron chi connectivity index (χ2n) is 4.37. The van der Waals surface area contributed by atoms with Crippen LogP contribution in [-0.2, 0) is 0 Å². The number of ether oxygens (including phenoxy) is 2. The van der Waals surface area contributed by atoms with E-state index >= 15 is 0 Å². The fourth-order valence-electron chi connectivity index (χ4n) is 1.54. The smallest absolute Gasteiger partial charge is 0.118 e. The maximum atomic E-state index is 8.63. The van der Waals surface area contributed by atoms with Crippen LogP contribution >= 0.6 is 22.6 Å². The maximum absolute atomic E-state index is 8.63. The van der Waals surface area contributed by atoms with Gasteiger partial charge in [-0.3, -0.25) is 0 Å². The van der Waals surface area contributed by atoms with Crippen molar-refractivity contribution in [2.75, 3.05) is 19.2 Å². The summed E-state index contributed by atoms with van der Waals surface area (Å²) >= 11 is 2.15. The zero-order chi connectivity index (χ0) is 20.8. The monoisotopic (exact) mass is 482 g/mol. The average Bonchev–Trinajstić information content (AvgIpc) is 2.79. The molecule has 0 amide bonds. The van der Waals surface area contributed by atoms with Gasteiger partial charge in [0.15, 0.2) is 0 Å². The van der Waals surface area contributed by atoms with Crippen LogP contribution < -0.4 is 9.47 Å². The molecule has 0 spiro atoms. The average molecular weight is 482 g/mol. The quantitative estimate of drug-likeness (QED) is 0.320. The van der Waals surface area contributed by atoms with Gasteiger partial charge in [0.05, 0.1) is 14.2 Å². The van der Waals surface area contributed by atoms with E-state index in [0.29, 0.717) is 5.75 Å². The summed E-state index contributed by atoms with van der Waals surface area (Å²) in [6.45, 7) is 4.00. The summed E-state index contributed by atoms with van der Waals surface area (Å²) < 4.78 is 9.83. The SMILES string of the molecule is CC.CI.COc1ccccc1.COc1ccccc1.Oc1ccccc1. The van der Waals surface area contributed by atoms with Crippen molar-refractivity contribution < 1.29 is 14.6 Å². The Kier molecular flexibility index (Phi) is 21.8. The Bertz CT molecular complexity index is 577. The zero-order valence-corrected chi connectivity index (χ0v) is 19.0. The highest BCUT2D eigenvalue weighted by molar-refractivity contribution is 14.1. The Balaban J connectivity index is 0. The van der Waals surface area contributed by atoms with Gasteiger partial charge in [0.25, 0.3) is 0 Å². The van der Waals surface area contributed by atoms with Crippen LogP contribution in [0, 0.1) is 0 Å². The van der Waals surface area contributed by atoms with Crippen LogP contribution in [0.3, 0.4) is 0 Å². The fourth-order valence-corrected chi connectivity index (χ4v) is 1.54. The first-order valence-electron chi connectivity index (χ1n) is 8.56. The van der Waals surface area contributed by atoms with Gasteiger partial charge in [-0.1, -0.05) is 91.0 Å². The molecular weight excluding hydrogens is 451 g/mol. The predicted octanol–water partition coefficient (Wildman–Crippen LogP) is 6.86. The number of benzene rings is 3. The van der Waals surface area contributed by atoms with Crippen LogP contribution in [0.15, 0.2) is 91.0 Å². The van der Waals surface area contributed by atoms with Crippen molar-refractivity contribution in [3.63, 3.8) is 0 Å². The molecule has 3 aromatic carbocycles. The summed E-state index contributed by atoms with van der Waals surface area (Å²) in [5, 5.41) is 8.63. The summed E-state index contributed by atoms with van der Waals surface area (Å²) in [4.78, 5) is 1.97. The van der Waals surface area contributed by atoms with Gasteiger partial charge in [-0.2, -0.15) is 0 Å². The van der Waals surface area contributed by atoms with E-state index in [2.05, 4.69) is 22.6 Å².